The van der Waals surface area contributed by atoms with Crippen LogP contribution in [0.1, 0.15) is 28.8 Å². The number of rotatable bonds is 9. The zero-order chi connectivity index (χ0) is 29.6. The number of anilines is 1. The van der Waals surface area contributed by atoms with E-state index in [1.807, 2.05) is 13.0 Å². The summed E-state index contributed by atoms with van der Waals surface area (Å²) in [5, 5.41) is 24.8. The van der Waals surface area contributed by atoms with Crippen LogP contribution in [-0.4, -0.2) is 59.5 Å². The third kappa shape index (κ3) is 6.82. The van der Waals surface area contributed by atoms with Crippen molar-refractivity contribution in [3.63, 3.8) is 0 Å². The lowest BCUT2D eigenvalue weighted by molar-refractivity contribution is -0.117. The zero-order valence-electron chi connectivity index (χ0n) is 22.3. The van der Waals surface area contributed by atoms with Gasteiger partial charge in [0, 0.05) is 40.0 Å². The molecule has 0 saturated heterocycles. The van der Waals surface area contributed by atoms with Crippen molar-refractivity contribution in [3.05, 3.63) is 93.9 Å². The number of aromatic nitrogens is 8. The van der Waals surface area contributed by atoms with E-state index >= 15 is 0 Å². The van der Waals surface area contributed by atoms with Gasteiger partial charge in [0.15, 0.2) is 0 Å². The summed E-state index contributed by atoms with van der Waals surface area (Å²) in [6.07, 6.45) is 4.22. The second-order valence-corrected chi connectivity index (χ2v) is 9.89. The number of tetrazole rings is 1. The molecule has 0 aliphatic heterocycles. The van der Waals surface area contributed by atoms with Gasteiger partial charge in [-0.2, -0.15) is 9.78 Å². The van der Waals surface area contributed by atoms with E-state index in [0.29, 0.717) is 45.5 Å². The van der Waals surface area contributed by atoms with Crippen molar-refractivity contribution < 1.29 is 14.3 Å². The predicted molar refractivity (Wildman–Crippen MR) is 156 cm³/mol. The summed E-state index contributed by atoms with van der Waals surface area (Å²) in [4.78, 5) is 32.4. The van der Waals surface area contributed by atoms with Crippen molar-refractivity contribution in [3.8, 4) is 16.9 Å². The molecule has 3 aromatic heterocycles. The molecular formula is C27H24Cl2N10O3. The normalized spacial score (nSPS) is 11.9. The van der Waals surface area contributed by atoms with E-state index in [2.05, 4.69) is 46.1 Å². The molecule has 5 aromatic rings. The van der Waals surface area contributed by atoms with Crippen LogP contribution in [0, 0.1) is 6.92 Å². The molecule has 4 N–H and O–H groups in total. The Kier molecular flexibility index (Phi) is 8.60. The van der Waals surface area contributed by atoms with Crippen molar-refractivity contribution in [2.45, 2.75) is 19.4 Å². The molecule has 3 heterocycles. The first kappa shape index (κ1) is 28.5. The van der Waals surface area contributed by atoms with E-state index in [9.17, 15) is 9.59 Å². The molecule has 1 unspecified atom stereocenters. The Morgan fingerprint density at radius 1 is 1.14 bits per heavy atom. The van der Waals surface area contributed by atoms with Gasteiger partial charge in [0.1, 0.15) is 23.0 Å². The summed E-state index contributed by atoms with van der Waals surface area (Å²) in [5.41, 5.74) is 4.62. The van der Waals surface area contributed by atoms with E-state index in [-0.39, 0.29) is 11.1 Å². The summed E-state index contributed by atoms with van der Waals surface area (Å²) >= 11 is 12.7. The highest BCUT2D eigenvalue weighted by atomic mass is 35.5. The number of imidazole rings is 1. The van der Waals surface area contributed by atoms with Gasteiger partial charge in [-0.05, 0) is 59.8 Å². The van der Waals surface area contributed by atoms with Crippen LogP contribution < -0.4 is 10.6 Å². The minimum Gasteiger partial charge on any atom is -0.453 e. The highest BCUT2D eigenvalue weighted by Gasteiger charge is 2.22. The Morgan fingerprint density at radius 3 is 2.64 bits per heavy atom. The average molecular weight is 607 g/mol. The molecule has 2 amide bonds. The molecule has 214 valence electrons. The number of hydrogen-bond donors (Lipinski definition) is 4. The van der Waals surface area contributed by atoms with Crippen LogP contribution in [0.3, 0.4) is 0 Å². The maximum absolute atomic E-state index is 13.2. The number of ether oxygens (including phenoxy) is 1. The van der Waals surface area contributed by atoms with Crippen LogP contribution in [0.15, 0.2) is 60.9 Å². The number of carbonyl (C=O) groups is 2. The maximum atomic E-state index is 13.2. The second kappa shape index (κ2) is 12.7. The van der Waals surface area contributed by atoms with Gasteiger partial charge < -0.3 is 15.0 Å². The Labute approximate surface area is 249 Å². The van der Waals surface area contributed by atoms with E-state index in [4.69, 9.17) is 28.2 Å². The topological polar surface area (TPSA) is 168 Å². The Hall–Kier alpha value is -5.01. The molecule has 1 atom stereocenters. The number of nitrogens with one attached hydrogen (secondary N) is 4. The van der Waals surface area contributed by atoms with Gasteiger partial charge >= 0.3 is 6.09 Å². The summed E-state index contributed by atoms with van der Waals surface area (Å²) in [5.74, 6) is 0.0495. The highest BCUT2D eigenvalue weighted by Crippen LogP contribution is 2.29. The van der Waals surface area contributed by atoms with E-state index in [1.165, 1.54) is 24.2 Å². The number of halogens is 2. The third-order valence-corrected chi connectivity index (χ3v) is 6.60. The molecule has 0 radical (unpaired) electrons. The Bertz CT molecular complexity index is 1730. The van der Waals surface area contributed by atoms with Gasteiger partial charge in [0.05, 0.1) is 24.5 Å². The lowest BCUT2D eigenvalue weighted by atomic mass is 10.1. The molecule has 0 spiro atoms. The fourth-order valence-corrected chi connectivity index (χ4v) is 4.56. The Morgan fingerprint density at radius 2 is 1.95 bits per heavy atom. The van der Waals surface area contributed by atoms with Crippen molar-refractivity contribution in [1.29, 1.82) is 0 Å². The zero-order valence-corrected chi connectivity index (χ0v) is 23.8. The minimum atomic E-state index is -0.602. The fourth-order valence-electron chi connectivity index (χ4n) is 4.13. The number of nitrogens with zero attached hydrogens (tertiary/aromatic N) is 6. The average Bonchev–Trinajstić information content (AvgIpc) is 3.74. The third-order valence-electron chi connectivity index (χ3n) is 6.09. The minimum absolute atomic E-state index is 0.289. The summed E-state index contributed by atoms with van der Waals surface area (Å²) in [6.45, 7) is 1.89. The van der Waals surface area contributed by atoms with Gasteiger partial charge in [-0.3, -0.25) is 15.2 Å². The maximum Gasteiger partial charge on any atom is 0.411 e. The summed E-state index contributed by atoms with van der Waals surface area (Å²) in [7, 11) is 1.29. The predicted octanol–water partition coefficient (Wildman–Crippen LogP) is 4.68. The SMILES string of the molecule is COC(=O)Nc1ccc(-c2nc(C(Cc3cc(C)[nH]n3)NC(=O)C=Cc3cc(Cl)ccc3-n3cnnn3)[nH]c2Cl)cc1. The standard InChI is InChI=1S/C27H24Cl2N10O3/c1-15-11-20(36-35-15)13-21(26-33-24(25(29)34-26)16-3-7-19(8-4-16)31-27(41)42-2)32-23(40)10-5-17-12-18(28)6-9-22(17)39-14-30-37-38-39/h3-12,14,21H,13H2,1-2H3,(H,31,41)(H,32,40)(H,33,34)(H,35,36). The van der Waals surface area contributed by atoms with Crippen LogP contribution in [0.4, 0.5) is 10.5 Å². The first-order valence-electron chi connectivity index (χ1n) is 12.5. The number of aromatic amines is 2. The van der Waals surface area contributed by atoms with Crippen molar-refractivity contribution in [2.24, 2.45) is 0 Å². The van der Waals surface area contributed by atoms with Gasteiger partial charge in [0.25, 0.3) is 0 Å². The molecule has 0 saturated carbocycles. The Balaban J connectivity index is 1.39. The quantitative estimate of drug-likeness (QED) is 0.175. The molecule has 0 aliphatic rings. The molecule has 15 heteroatoms. The number of carbonyl (C=O) groups excluding carboxylic acids is 2. The number of aryl methyl sites for hydroxylation is 1. The molecule has 0 fully saturated rings. The summed E-state index contributed by atoms with van der Waals surface area (Å²) in [6, 6.07) is 13.4. The van der Waals surface area contributed by atoms with Gasteiger partial charge in [-0.1, -0.05) is 35.3 Å². The van der Waals surface area contributed by atoms with Crippen molar-refractivity contribution >= 4 is 47.0 Å². The van der Waals surface area contributed by atoms with Crippen LogP contribution in [0.25, 0.3) is 23.0 Å². The lowest BCUT2D eigenvalue weighted by Crippen LogP contribution is -2.29. The van der Waals surface area contributed by atoms with E-state index < -0.39 is 12.1 Å². The van der Waals surface area contributed by atoms with Gasteiger partial charge in [-0.25, -0.2) is 9.78 Å². The first-order valence-corrected chi connectivity index (χ1v) is 13.3. The van der Waals surface area contributed by atoms with Crippen LogP contribution in [0.5, 0.6) is 0 Å². The first-order chi connectivity index (χ1) is 20.3. The molecule has 2 aromatic carbocycles. The second-order valence-electron chi connectivity index (χ2n) is 9.08. The van der Waals surface area contributed by atoms with E-state index in [1.54, 1.807) is 48.5 Å². The number of methoxy groups -OCH3 is 1. The summed E-state index contributed by atoms with van der Waals surface area (Å²) < 4.78 is 6.09. The largest absolute Gasteiger partial charge is 0.453 e. The monoisotopic (exact) mass is 606 g/mol. The molecular weight excluding hydrogens is 583 g/mol. The van der Waals surface area contributed by atoms with Gasteiger partial charge in [-0.15, -0.1) is 5.10 Å². The fraction of sp³-hybridized carbons (Fsp3) is 0.148. The number of hydrogen-bond acceptors (Lipinski definition) is 8. The highest BCUT2D eigenvalue weighted by molar-refractivity contribution is 6.32. The molecule has 5 rings (SSSR count). The molecule has 13 nitrogen and oxygen atoms in total. The van der Waals surface area contributed by atoms with Crippen LogP contribution in [0.2, 0.25) is 10.2 Å². The van der Waals surface area contributed by atoms with Crippen molar-refractivity contribution in [2.75, 3.05) is 12.4 Å². The number of H-pyrrole nitrogens is 2. The van der Waals surface area contributed by atoms with Crippen molar-refractivity contribution in [1.82, 2.24) is 45.7 Å². The smallest absolute Gasteiger partial charge is 0.411 e. The van der Waals surface area contributed by atoms with Crippen LogP contribution >= 0.6 is 23.2 Å². The molecule has 42 heavy (non-hydrogen) atoms. The van der Waals surface area contributed by atoms with Gasteiger partial charge in [0.2, 0.25) is 5.91 Å². The number of amides is 2. The molecule has 0 bridgehead atoms. The molecule has 0 aliphatic carbocycles. The van der Waals surface area contributed by atoms with Crippen LogP contribution in [-0.2, 0) is 16.0 Å². The lowest BCUT2D eigenvalue weighted by Gasteiger charge is -2.14. The van der Waals surface area contributed by atoms with E-state index in [0.717, 1.165) is 11.4 Å². The number of benzene rings is 2.